The number of carbonyl (C=O) groups is 1. The molecule has 184 valence electrons. The van der Waals surface area contributed by atoms with Gasteiger partial charge in [-0.2, -0.15) is 0 Å². The molecular weight excluding hydrogens is 462 g/mol. The third kappa shape index (κ3) is 4.86. The lowest BCUT2D eigenvalue weighted by molar-refractivity contribution is -0.118. The number of anilines is 1. The molecule has 0 spiro atoms. The van der Waals surface area contributed by atoms with Gasteiger partial charge in [0, 0.05) is 23.7 Å². The maximum Gasteiger partial charge on any atom is 0.257 e. The average molecular weight is 490 g/mol. The van der Waals surface area contributed by atoms with Crippen LogP contribution < -0.4 is 15.2 Å². The Morgan fingerprint density at radius 1 is 0.919 bits per heavy atom. The number of ether oxygens (including phenoxy) is 1. The van der Waals surface area contributed by atoms with Gasteiger partial charge in [0.15, 0.2) is 0 Å². The van der Waals surface area contributed by atoms with E-state index < -0.39 is 0 Å². The number of carbonyl (C=O) groups excluding carboxylic acids is 1. The summed E-state index contributed by atoms with van der Waals surface area (Å²) in [5, 5.41) is 0.548. The third-order valence-electron chi connectivity index (χ3n) is 6.38. The second kappa shape index (κ2) is 10.5. The maximum absolute atomic E-state index is 12.9. The Morgan fingerprint density at radius 3 is 2.38 bits per heavy atom. The number of methoxy groups -OCH3 is 1. The molecule has 2 aromatic heterocycles. The predicted octanol–water partition coefficient (Wildman–Crippen LogP) is 6.21. The second-order valence-electron chi connectivity index (χ2n) is 8.69. The monoisotopic (exact) mass is 489 g/mol. The number of nitrogens with zero attached hydrogens (tertiary/aromatic N) is 2. The fourth-order valence-corrected chi connectivity index (χ4v) is 4.47. The number of aromatic nitrogens is 2. The van der Waals surface area contributed by atoms with Crippen LogP contribution in [0.15, 0.2) is 102 Å². The van der Waals surface area contributed by atoms with Gasteiger partial charge in [0.1, 0.15) is 5.75 Å². The lowest BCUT2D eigenvalue weighted by Crippen LogP contribution is -2.30. The first-order valence-corrected chi connectivity index (χ1v) is 12.2. The molecule has 1 N–H and O–H groups in total. The number of hydrogen-bond donors (Lipinski definition) is 1. The fourth-order valence-electron chi connectivity index (χ4n) is 4.47. The maximum atomic E-state index is 12.9. The summed E-state index contributed by atoms with van der Waals surface area (Å²) in [6.07, 6.45) is 2.00. The van der Waals surface area contributed by atoms with Crippen LogP contribution in [0.4, 0.5) is 5.69 Å². The number of benzene rings is 3. The van der Waals surface area contributed by atoms with E-state index in [-0.39, 0.29) is 11.5 Å². The molecule has 5 rings (SSSR count). The van der Waals surface area contributed by atoms with Crippen molar-refractivity contribution in [2.24, 2.45) is 0 Å². The zero-order valence-corrected chi connectivity index (χ0v) is 20.8. The first-order valence-electron chi connectivity index (χ1n) is 12.2. The number of amides is 1. The van der Waals surface area contributed by atoms with Gasteiger partial charge < -0.3 is 14.6 Å². The van der Waals surface area contributed by atoms with Crippen LogP contribution in [0.3, 0.4) is 0 Å². The van der Waals surface area contributed by atoms with E-state index in [0.717, 1.165) is 33.6 Å². The fraction of sp³-hybridized carbons (Fsp3) is 0.129. The predicted molar refractivity (Wildman–Crippen MR) is 148 cm³/mol. The van der Waals surface area contributed by atoms with E-state index in [0.29, 0.717) is 29.6 Å². The molecule has 0 aliphatic heterocycles. The highest BCUT2D eigenvalue weighted by Crippen LogP contribution is 2.34. The van der Waals surface area contributed by atoms with Gasteiger partial charge in [-0.1, -0.05) is 73.7 Å². The van der Waals surface area contributed by atoms with Crippen molar-refractivity contribution in [1.29, 1.82) is 0 Å². The molecule has 0 bridgehead atoms. The smallest absolute Gasteiger partial charge is 0.257 e. The summed E-state index contributed by atoms with van der Waals surface area (Å²) in [4.78, 5) is 34.7. The quantitative estimate of drug-likeness (QED) is 0.295. The van der Waals surface area contributed by atoms with Crippen molar-refractivity contribution in [2.45, 2.75) is 19.9 Å². The normalized spacial score (nSPS) is 10.9. The summed E-state index contributed by atoms with van der Waals surface area (Å²) in [6, 6.07) is 29.2. The van der Waals surface area contributed by atoms with Gasteiger partial charge in [0.2, 0.25) is 5.91 Å². The van der Waals surface area contributed by atoms with Gasteiger partial charge in [-0.05, 0) is 35.4 Å². The van der Waals surface area contributed by atoms with Crippen molar-refractivity contribution in [3.05, 3.63) is 113 Å². The van der Waals surface area contributed by atoms with Crippen molar-refractivity contribution in [1.82, 2.24) is 9.97 Å². The van der Waals surface area contributed by atoms with E-state index in [1.807, 2.05) is 97.9 Å². The highest BCUT2D eigenvalue weighted by Gasteiger charge is 2.19. The molecule has 0 unspecified atom stereocenters. The molecule has 0 atom stereocenters. The number of nitrogens with one attached hydrogen (secondary N) is 1. The zero-order valence-electron chi connectivity index (χ0n) is 20.8. The molecule has 0 aliphatic rings. The zero-order chi connectivity index (χ0) is 25.8. The number of para-hydroxylation sites is 2. The van der Waals surface area contributed by atoms with Gasteiger partial charge in [-0.25, -0.2) is 4.98 Å². The van der Waals surface area contributed by atoms with Gasteiger partial charge in [0.05, 0.1) is 35.9 Å². The number of H-pyrrole nitrogens is 1. The molecule has 2 heterocycles. The molecule has 37 heavy (non-hydrogen) atoms. The van der Waals surface area contributed by atoms with E-state index in [1.54, 1.807) is 18.2 Å². The largest absolute Gasteiger partial charge is 0.495 e. The summed E-state index contributed by atoms with van der Waals surface area (Å²) < 4.78 is 5.51. The molecule has 1 amide bonds. The Kier molecular flexibility index (Phi) is 6.81. The van der Waals surface area contributed by atoms with Crippen LogP contribution >= 0.6 is 0 Å². The van der Waals surface area contributed by atoms with Crippen molar-refractivity contribution in [2.75, 3.05) is 12.0 Å². The Hall–Kier alpha value is -4.71. The third-order valence-corrected chi connectivity index (χ3v) is 6.38. The summed E-state index contributed by atoms with van der Waals surface area (Å²) in [5.74, 6) is 0.671. The standard InChI is InChI=1S/C31H27N3O3/c1-3-29(35)34(27-11-7-8-12-28(27)37-2)20-21-13-15-23(16-14-21)30-24(22-9-5-4-6-10-22)19-25-26(33-30)17-18-32-31(25)36/h4-19H,3,20H2,1-2H3,(H,32,36). The molecule has 3 aromatic carbocycles. The first kappa shape index (κ1) is 24.0. The lowest BCUT2D eigenvalue weighted by Gasteiger charge is -2.24. The van der Waals surface area contributed by atoms with Gasteiger partial charge in [-0.15, -0.1) is 0 Å². The minimum atomic E-state index is -0.166. The molecule has 0 fully saturated rings. The van der Waals surface area contributed by atoms with E-state index in [4.69, 9.17) is 9.72 Å². The minimum Gasteiger partial charge on any atom is -0.495 e. The van der Waals surface area contributed by atoms with E-state index in [1.165, 1.54) is 0 Å². The second-order valence-corrected chi connectivity index (χ2v) is 8.69. The number of rotatable bonds is 7. The average Bonchev–Trinajstić information content (AvgIpc) is 2.96. The van der Waals surface area contributed by atoms with Crippen LogP contribution in [0.5, 0.6) is 5.75 Å². The van der Waals surface area contributed by atoms with Crippen LogP contribution in [-0.2, 0) is 11.3 Å². The van der Waals surface area contributed by atoms with Crippen LogP contribution in [0, 0.1) is 0 Å². The molecule has 0 radical (unpaired) electrons. The number of aromatic amines is 1. The van der Waals surface area contributed by atoms with E-state index in [9.17, 15) is 9.59 Å². The Morgan fingerprint density at radius 2 is 1.65 bits per heavy atom. The molecule has 6 heteroatoms. The topological polar surface area (TPSA) is 75.3 Å². The van der Waals surface area contributed by atoms with Crippen molar-refractivity contribution in [3.63, 3.8) is 0 Å². The SMILES string of the molecule is CCC(=O)N(Cc1ccc(-c2nc3cc[nH]c(=O)c3cc2-c2ccccc2)cc1)c1ccccc1OC. The number of pyridine rings is 2. The van der Waals surface area contributed by atoms with Crippen molar-refractivity contribution >= 4 is 22.5 Å². The summed E-state index contributed by atoms with van der Waals surface area (Å²) in [7, 11) is 1.61. The first-order chi connectivity index (χ1) is 18.1. The highest BCUT2D eigenvalue weighted by atomic mass is 16.5. The lowest BCUT2D eigenvalue weighted by atomic mass is 9.97. The molecule has 6 nitrogen and oxygen atoms in total. The van der Waals surface area contributed by atoms with E-state index >= 15 is 0 Å². The van der Waals surface area contributed by atoms with Gasteiger partial charge in [-0.3, -0.25) is 9.59 Å². The van der Waals surface area contributed by atoms with E-state index in [2.05, 4.69) is 4.98 Å². The van der Waals surface area contributed by atoms with Crippen LogP contribution in [0.1, 0.15) is 18.9 Å². The minimum absolute atomic E-state index is 0.0151. The van der Waals surface area contributed by atoms with Crippen LogP contribution in [0.2, 0.25) is 0 Å². The number of fused-ring (bicyclic) bond motifs is 1. The Labute approximate surface area is 215 Å². The van der Waals surface area contributed by atoms with Crippen molar-refractivity contribution in [3.8, 4) is 28.1 Å². The van der Waals surface area contributed by atoms with Crippen LogP contribution in [0.25, 0.3) is 33.3 Å². The van der Waals surface area contributed by atoms with Crippen molar-refractivity contribution < 1.29 is 9.53 Å². The summed E-state index contributed by atoms with van der Waals surface area (Å²) in [6.45, 7) is 2.27. The Balaban J connectivity index is 1.55. The number of hydrogen-bond acceptors (Lipinski definition) is 4. The van der Waals surface area contributed by atoms with Crippen LogP contribution in [-0.4, -0.2) is 23.0 Å². The Bertz CT molecular complexity index is 1610. The summed E-state index contributed by atoms with van der Waals surface area (Å²) in [5.41, 5.74) is 5.78. The molecule has 0 saturated heterocycles. The van der Waals surface area contributed by atoms with Gasteiger partial charge in [0.25, 0.3) is 5.56 Å². The van der Waals surface area contributed by atoms with Gasteiger partial charge >= 0.3 is 0 Å². The highest BCUT2D eigenvalue weighted by molar-refractivity contribution is 5.95. The molecular formula is C31H27N3O3. The summed E-state index contributed by atoms with van der Waals surface area (Å²) >= 11 is 0. The molecule has 5 aromatic rings. The molecule has 0 aliphatic carbocycles. The molecule has 0 saturated carbocycles.